The molecule has 2 aromatic rings. The third-order valence-electron chi connectivity index (χ3n) is 2.27. The lowest BCUT2D eigenvalue weighted by molar-refractivity contribution is -0.385. The molecular weight excluding hydrogens is 224 g/mol. The van der Waals surface area contributed by atoms with Gasteiger partial charge in [0.05, 0.1) is 23.8 Å². The maximum atomic E-state index is 10.9. The smallest absolute Gasteiger partial charge is 0.311 e. The summed E-state index contributed by atoms with van der Waals surface area (Å²) in [5, 5.41) is 18.9. The number of nitrogens with zero attached hydrogens (tertiary/aromatic N) is 4. The zero-order valence-electron chi connectivity index (χ0n) is 9.32. The first-order valence-corrected chi connectivity index (χ1v) is 4.81. The molecular formula is C10H10N4O3. The van der Waals surface area contributed by atoms with E-state index >= 15 is 0 Å². The van der Waals surface area contributed by atoms with E-state index in [1.807, 2.05) is 0 Å². The van der Waals surface area contributed by atoms with Gasteiger partial charge in [-0.05, 0) is 6.07 Å². The fraction of sp³-hybridized carbons (Fsp3) is 0.200. The Morgan fingerprint density at radius 1 is 1.47 bits per heavy atom. The first-order valence-electron chi connectivity index (χ1n) is 4.81. The van der Waals surface area contributed by atoms with Gasteiger partial charge in [0, 0.05) is 13.1 Å². The van der Waals surface area contributed by atoms with E-state index in [-0.39, 0.29) is 11.4 Å². The van der Waals surface area contributed by atoms with Crippen molar-refractivity contribution in [1.82, 2.24) is 15.0 Å². The van der Waals surface area contributed by atoms with Crippen molar-refractivity contribution in [3.05, 3.63) is 34.5 Å². The van der Waals surface area contributed by atoms with Crippen molar-refractivity contribution >= 4 is 5.69 Å². The van der Waals surface area contributed by atoms with Gasteiger partial charge in [0.1, 0.15) is 5.69 Å². The van der Waals surface area contributed by atoms with Gasteiger partial charge in [-0.15, -0.1) is 0 Å². The summed E-state index contributed by atoms with van der Waals surface area (Å²) in [6, 6.07) is 4.68. The molecule has 0 bridgehead atoms. The Hall–Kier alpha value is -2.44. The maximum Gasteiger partial charge on any atom is 0.311 e. The van der Waals surface area contributed by atoms with Crippen LogP contribution in [0.3, 0.4) is 0 Å². The van der Waals surface area contributed by atoms with Crippen molar-refractivity contribution in [1.29, 1.82) is 0 Å². The zero-order chi connectivity index (χ0) is 12.4. The molecule has 88 valence electrons. The van der Waals surface area contributed by atoms with Crippen LogP contribution in [0.2, 0.25) is 0 Å². The van der Waals surface area contributed by atoms with E-state index in [1.165, 1.54) is 24.2 Å². The van der Waals surface area contributed by atoms with E-state index in [1.54, 1.807) is 19.2 Å². The normalized spacial score (nSPS) is 10.2. The average molecular weight is 234 g/mol. The van der Waals surface area contributed by atoms with E-state index < -0.39 is 4.92 Å². The highest BCUT2D eigenvalue weighted by molar-refractivity contribution is 5.72. The number of para-hydroxylation sites is 1. The Kier molecular flexibility index (Phi) is 2.73. The lowest BCUT2D eigenvalue weighted by Crippen LogP contribution is -1.96. The molecule has 0 aliphatic rings. The molecule has 1 heterocycles. The number of hydrogen-bond acceptors (Lipinski definition) is 5. The van der Waals surface area contributed by atoms with Crippen molar-refractivity contribution < 1.29 is 9.66 Å². The molecule has 0 aliphatic carbocycles. The van der Waals surface area contributed by atoms with Gasteiger partial charge in [0.15, 0.2) is 0 Å². The molecule has 0 saturated carbocycles. The predicted molar refractivity (Wildman–Crippen MR) is 59.6 cm³/mol. The molecule has 0 aliphatic heterocycles. The van der Waals surface area contributed by atoms with Crippen molar-refractivity contribution in [3.63, 3.8) is 0 Å². The SMILES string of the molecule is COc1c(-c2cnn(C)n2)cccc1[N+](=O)[O-]. The number of ether oxygens (including phenoxy) is 1. The molecule has 0 spiro atoms. The Balaban J connectivity index is 2.61. The standard InChI is InChI=1S/C10H10N4O3/c1-13-11-6-8(12-13)7-4-3-5-9(14(15)16)10(7)17-2/h3-6H,1-2H3. The van der Waals surface area contributed by atoms with E-state index in [4.69, 9.17) is 4.74 Å². The second-order valence-electron chi connectivity index (χ2n) is 3.33. The van der Waals surface area contributed by atoms with Crippen molar-refractivity contribution in [2.24, 2.45) is 7.05 Å². The Morgan fingerprint density at radius 3 is 2.76 bits per heavy atom. The van der Waals surface area contributed by atoms with E-state index in [0.717, 1.165) is 0 Å². The second kappa shape index (κ2) is 4.20. The van der Waals surface area contributed by atoms with Crippen LogP contribution in [0.5, 0.6) is 5.75 Å². The molecule has 0 N–H and O–H groups in total. The van der Waals surface area contributed by atoms with Crippen molar-refractivity contribution in [2.75, 3.05) is 7.11 Å². The first kappa shape index (κ1) is 11.1. The fourth-order valence-corrected chi connectivity index (χ4v) is 1.55. The summed E-state index contributed by atoms with van der Waals surface area (Å²) in [5.41, 5.74) is 0.999. The quantitative estimate of drug-likeness (QED) is 0.592. The van der Waals surface area contributed by atoms with Gasteiger partial charge in [-0.25, -0.2) is 0 Å². The van der Waals surface area contributed by atoms with Crippen LogP contribution in [-0.2, 0) is 7.05 Å². The minimum Gasteiger partial charge on any atom is -0.490 e. The van der Waals surface area contributed by atoms with Gasteiger partial charge in [-0.2, -0.15) is 15.0 Å². The van der Waals surface area contributed by atoms with Crippen LogP contribution in [-0.4, -0.2) is 27.0 Å². The van der Waals surface area contributed by atoms with Gasteiger partial charge < -0.3 is 4.74 Å². The Bertz CT molecular complexity index is 564. The lowest BCUT2D eigenvalue weighted by Gasteiger charge is -2.05. The summed E-state index contributed by atoms with van der Waals surface area (Å²) in [6.45, 7) is 0. The second-order valence-corrected chi connectivity index (χ2v) is 3.33. The molecule has 17 heavy (non-hydrogen) atoms. The number of rotatable bonds is 3. The summed E-state index contributed by atoms with van der Waals surface area (Å²) >= 11 is 0. The molecule has 7 heteroatoms. The predicted octanol–water partition coefficient (Wildman–Crippen LogP) is 1.40. The molecule has 0 atom stereocenters. The fourth-order valence-electron chi connectivity index (χ4n) is 1.55. The number of benzene rings is 1. The summed E-state index contributed by atoms with van der Waals surface area (Å²) in [4.78, 5) is 11.7. The molecule has 7 nitrogen and oxygen atoms in total. The topological polar surface area (TPSA) is 83.1 Å². The summed E-state index contributed by atoms with van der Waals surface area (Å²) in [5.74, 6) is 0.193. The molecule has 0 radical (unpaired) electrons. The minimum atomic E-state index is -0.487. The number of aryl methyl sites for hydroxylation is 1. The third kappa shape index (κ3) is 1.94. The van der Waals surface area contributed by atoms with Gasteiger partial charge in [0.25, 0.3) is 0 Å². The number of hydrogen-bond donors (Lipinski definition) is 0. The van der Waals surface area contributed by atoms with Crippen molar-refractivity contribution in [2.45, 2.75) is 0 Å². The number of aromatic nitrogens is 3. The average Bonchev–Trinajstić information content (AvgIpc) is 2.74. The number of nitro groups is 1. The molecule has 0 fully saturated rings. The highest BCUT2D eigenvalue weighted by Crippen LogP contribution is 2.36. The Labute approximate surface area is 96.8 Å². The van der Waals surface area contributed by atoms with Crippen LogP contribution in [0.4, 0.5) is 5.69 Å². The van der Waals surface area contributed by atoms with Gasteiger partial charge in [-0.1, -0.05) is 6.07 Å². The van der Waals surface area contributed by atoms with Crippen molar-refractivity contribution in [3.8, 4) is 17.0 Å². The molecule has 1 aromatic carbocycles. The lowest BCUT2D eigenvalue weighted by atomic mass is 10.1. The largest absolute Gasteiger partial charge is 0.490 e. The van der Waals surface area contributed by atoms with E-state index in [0.29, 0.717) is 11.3 Å². The highest BCUT2D eigenvalue weighted by atomic mass is 16.6. The van der Waals surface area contributed by atoms with Crippen LogP contribution in [0.15, 0.2) is 24.4 Å². The monoisotopic (exact) mass is 234 g/mol. The van der Waals surface area contributed by atoms with Gasteiger partial charge in [-0.3, -0.25) is 10.1 Å². The third-order valence-corrected chi connectivity index (χ3v) is 2.27. The van der Waals surface area contributed by atoms with Gasteiger partial charge >= 0.3 is 5.69 Å². The minimum absolute atomic E-state index is 0.0874. The molecule has 1 aromatic heterocycles. The molecule has 0 unspecified atom stereocenters. The number of nitro benzene ring substituents is 1. The summed E-state index contributed by atoms with van der Waals surface area (Å²) < 4.78 is 5.08. The van der Waals surface area contributed by atoms with Crippen LogP contribution in [0, 0.1) is 10.1 Å². The highest BCUT2D eigenvalue weighted by Gasteiger charge is 2.20. The number of methoxy groups -OCH3 is 1. The van der Waals surface area contributed by atoms with E-state index in [2.05, 4.69) is 10.2 Å². The zero-order valence-corrected chi connectivity index (χ0v) is 9.32. The van der Waals surface area contributed by atoms with Crippen LogP contribution < -0.4 is 4.74 Å². The summed E-state index contributed by atoms with van der Waals surface area (Å²) in [7, 11) is 3.07. The van der Waals surface area contributed by atoms with Crippen LogP contribution >= 0.6 is 0 Å². The van der Waals surface area contributed by atoms with Crippen LogP contribution in [0.25, 0.3) is 11.3 Å². The molecule has 0 saturated heterocycles. The first-order chi connectivity index (χ1) is 8.13. The Morgan fingerprint density at radius 2 is 2.24 bits per heavy atom. The van der Waals surface area contributed by atoms with Crippen LogP contribution in [0.1, 0.15) is 0 Å². The molecule has 2 rings (SSSR count). The maximum absolute atomic E-state index is 10.9. The molecule has 0 amide bonds. The van der Waals surface area contributed by atoms with E-state index in [9.17, 15) is 10.1 Å². The summed E-state index contributed by atoms with van der Waals surface area (Å²) in [6.07, 6.45) is 1.53. The van der Waals surface area contributed by atoms with Gasteiger partial charge in [0.2, 0.25) is 5.75 Å².